The second-order valence-electron chi connectivity index (χ2n) is 6.31. The van der Waals surface area contributed by atoms with Gasteiger partial charge in [0.15, 0.2) is 0 Å². The van der Waals surface area contributed by atoms with Crippen molar-refractivity contribution in [1.29, 1.82) is 0 Å². The van der Waals surface area contributed by atoms with Crippen LogP contribution in [0.25, 0.3) is 0 Å². The summed E-state index contributed by atoms with van der Waals surface area (Å²) >= 11 is 0. The first-order valence-corrected chi connectivity index (χ1v) is 7.80. The molecule has 0 amide bonds. The van der Waals surface area contributed by atoms with E-state index in [0.717, 1.165) is 12.5 Å². The zero-order valence-electron chi connectivity index (χ0n) is 13.8. The summed E-state index contributed by atoms with van der Waals surface area (Å²) in [5.41, 5.74) is 0.218. The van der Waals surface area contributed by atoms with Crippen molar-refractivity contribution in [3.8, 4) is 0 Å². The fraction of sp³-hybridized carbons (Fsp3) is 1.00. The van der Waals surface area contributed by atoms with E-state index in [1.165, 1.54) is 32.1 Å². The third kappa shape index (κ3) is 5.71. The number of nitrogens with one attached hydrogen (secondary N) is 1. The van der Waals surface area contributed by atoms with Gasteiger partial charge in [-0.2, -0.15) is 0 Å². The zero-order valence-corrected chi connectivity index (χ0v) is 13.8. The standard InChI is InChI=1S/C16H36N2/c1-8-11-12-14(9-2)13-15(17-10-3)16(4,5)18(6)7/h14-15,17H,8-13H2,1-7H3. The molecular weight excluding hydrogens is 220 g/mol. The van der Waals surface area contributed by atoms with Crippen molar-refractivity contribution in [3.63, 3.8) is 0 Å². The number of hydrogen-bond donors (Lipinski definition) is 1. The van der Waals surface area contributed by atoms with Gasteiger partial charge in [-0.25, -0.2) is 0 Å². The number of unbranched alkanes of at least 4 members (excludes halogenated alkanes) is 1. The lowest BCUT2D eigenvalue weighted by Gasteiger charge is -2.42. The van der Waals surface area contributed by atoms with Crippen molar-refractivity contribution in [2.24, 2.45) is 5.92 Å². The van der Waals surface area contributed by atoms with Crippen LogP contribution in [0.2, 0.25) is 0 Å². The highest BCUT2D eigenvalue weighted by Crippen LogP contribution is 2.26. The minimum Gasteiger partial charge on any atom is -0.312 e. The largest absolute Gasteiger partial charge is 0.312 e. The normalized spacial score (nSPS) is 16.0. The van der Waals surface area contributed by atoms with Crippen molar-refractivity contribution in [3.05, 3.63) is 0 Å². The fourth-order valence-corrected chi connectivity index (χ4v) is 2.49. The monoisotopic (exact) mass is 256 g/mol. The molecule has 0 spiro atoms. The second kappa shape index (κ2) is 8.92. The Labute approximate surface area is 116 Å². The van der Waals surface area contributed by atoms with E-state index in [1.54, 1.807) is 0 Å². The Morgan fingerprint density at radius 2 is 1.72 bits per heavy atom. The van der Waals surface area contributed by atoms with Gasteiger partial charge in [-0.1, -0.05) is 46.5 Å². The maximum Gasteiger partial charge on any atom is 0.0300 e. The van der Waals surface area contributed by atoms with Crippen molar-refractivity contribution in [2.45, 2.75) is 78.3 Å². The quantitative estimate of drug-likeness (QED) is 0.637. The summed E-state index contributed by atoms with van der Waals surface area (Å²) < 4.78 is 0. The average Bonchev–Trinajstić information content (AvgIpc) is 2.32. The van der Waals surface area contributed by atoms with Crippen molar-refractivity contribution < 1.29 is 0 Å². The molecule has 2 atom stereocenters. The van der Waals surface area contributed by atoms with E-state index in [2.05, 4.69) is 58.9 Å². The van der Waals surface area contributed by atoms with Crippen LogP contribution in [0.5, 0.6) is 0 Å². The van der Waals surface area contributed by atoms with Crippen LogP contribution in [-0.2, 0) is 0 Å². The Hall–Kier alpha value is -0.0800. The predicted octanol–water partition coefficient (Wildman–Crippen LogP) is 3.91. The first kappa shape index (κ1) is 17.9. The van der Waals surface area contributed by atoms with E-state index in [-0.39, 0.29) is 5.54 Å². The molecule has 110 valence electrons. The first-order chi connectivity index (χ1) is 8.39. The Bertz CT molecular complexity index is 199. The maximum atomic E-state index is 3.70. The molecular formula is C16H36N2. The summed E-state index contributed by atoms with van der Waals surface area (Å²) in [6.45, 7) is 12.6. The molecule has 0 aromatic rings. The van der Waals surface area contributed by atoms with Crippen LogP contribution in [-0.4, -0.2) is 37.1 Å². The number of nitrogens with zero attached hydrogens (tertiary/aromatic N) is 1. The van der Waals surface area contributed by atoms with E-state index < -0.39 is 0 Å². The van der Waals surface area contributed by atoms with Gasteiger partial charge >= 0.3 is 0 Å². The van der Waals surface area contributed by atoms with Gasteiger partial charge in [-0.15, -0.1) is 0 Å². The van der Waals surface area contributed by atoms with Crippen LogP contribution in [0, 0.1) is 5.92 Å². The Kier molecular flexibility index (Phi) is 8.89. The van der Waals surface area contributed by atoms with Gasteiger partial charge in [0.1, 0.15) is 0 Å². The molecule has 0 aromatic heterocycles. The lowest BCUT2D eigenvalue weighted by molar-refractivity contribution is 0.120. The average molecular weight is 256 g/mol. The first-order valence-electron chi connectivity index (χ1n) is 7.80. The van der Waals surface area contributed by atoms with Gasteiger partial charge < -0.3 is 10.2 Å². The highest BCUT2D eigenvalue weighted by molar-refractivity contribution is 4.92. The number of rotatable bonds is 10. The third-order valence-corrected chi connectivity index (χ3v) is 4.57. The molecule has 2 unspecified atom stereocenters. The molecule has 2 nitrogen and oxygen atoms in total. The van der Waals surface area contributed by atoms with Crippen LogP contribution < -0.4 is 5.32 Å². The molecule has 0 bridgehead atoms. The highest BCUT2D eigenvalue weighted by atomic mass is 15.2. The molecule has 2 heteroatoms. The van der Waals surface area contributed by atoms with Gasteiger partial charge in [0.05, 0.1) is 0 Å². The Morgan fingerprint density at radius 1 is 1.11 bits per heavy atom. The van der Waals surface area contributed by atoms with Crippen LogP contribution >= 0.6 is 0 Å². The van der Waals surface area contributed by atoms with E-state index >= 15 is 0 Å². The fourth-order valence-electron chi connectivity index (χ4n) is 2.49. The van der Waals surface area contributed by atoms with Crippen LogP contribution in [0.1, 0.15) is 66.7 Å². The number of likely N-dealkylation sites (N-methyl/N-ethyl adjacent to an activating group) is 2. The molecule has 0 aromatic carbocycles. The molecule has 0 heterocycles. The summed E-state index contributed by atoms with van der Waals surface area (Å²) in [6.07, 6.45) is 6.69. The minimum absolute atomic E-state index is 0.218. The van der Waals surface area contributed by atoms with Gasteiger partial charge in [0.25, 0.3) is 0 Å². The molecule has 0 saturated carbocycles. The van der Waals surface area contributed by atoms with Crippen molar-refractivity contribution >= 4 is 0 Å². The van der Waals surface area contributed by atoms with Crippen molar-refractivity contribution in [2.75, 3.05) is 20.6 Å². The molecule has 0 aliphatic carbocycles. The molecule has 0 aliphatic rings. The van der Waals surface area contributed by atoms with E-state index in [4.69, 9.17) is 0 Å². The van der Waals surface area contributed by atoms with Gasteiger partial charge in [-0.3, -0.25) is 0 Å². The molecule has 0 radical (unpaired) electrons. The van der Waals surface area contributed by atoms with Gasteiger partial charge in [-0.05, 0) is 46.8 Å². The molecule has 0 rings (SSSR count). The summed E-state index contributed by atoms with van der Waals surface area (Å²) in [7, 11) is 4.38. The highest BCUT2D eigenvalue weighted by Gasteiger charge is 2.32. The van der Waals surface area contributed by atoms with Crippen LogP contribution in [0.15, 0.2) is 0 Å². The Morgan fingerprint density at radius 3 is 2.11 bits per heavy atom. The second-order valence-corrected chi connectivity index (χ2v) is 6.31. The molecule has 0 fully saturated rings. The minimum atomic E-state index is 0.218. The molecule has 1 N–H and O–H groups in total. The number of hydrogen-bond acceptors (Lipinski definition) is 2. The zero-order chi connectivity index (χ0) is 14.2. The topological polar surface area (TPSA) is 15.3 Å². The lowest BCUT2D eigenvalue weighted by Crippen LogP contribution is -2.55. The lowest BCUT2D eigenvalue weighted by atomic mass is 9.83. The van der Waals surface area contributed by atoms with Crippen molar-refractivity contribution in [1.82, 2.24) is 10.2 Å². The van der Waals surface area contributed by atoms with Gasteiger partial charge in [0.2, 0.25) is 0 Å². The molecule has 18 heavy (non-hydrogen) atoms. The summed E-state index contributed by atoms with van der Waals surface area (Å²) in [5.74, 6) is 0.869. The predicted molar refractivity (Wildman–Crippen MR) is 83.2 cm³/mol. The smallest absolute Gasteiger partial charge is 0.0300 e. The Balaban J connectivity index is 4.58. The molecule has 0 saturated heterocycles. The van der Waals surface area contributed by atoms with E-state index in [0.29, 0.717) is 6.04 Å². The molecule has 0 aliphatic heterocycles. The summed E-state index contributed by atoms with van der Waals surface area (Å²) in [6, 6.07) is 0.583. The van der Waals surface area contributed by atoms with Crippen LogP contribution in [0.4, 0.5) is 0 Å². The SMILES string of the molecule is CCCCC(CC)CC(NCC)C(C)(C)N(C)C. The summed E-state index contributed by atoms with van der Waals surface area (Å²) in [4.78, 5) is 2.35. The van der Waals surface area contributed by atoms with Crippen LogP contribution in [0.3, 0.4) is 0 Å². The van der Waals surface area contributed by atoms with E-state index in [1.807, 2.05) is 0 Å². The summed E-state index contributed by atoms with van der Waals surface area (Å²) in [5, 5.41) is 3.70. The third-order valence-electron chi connectivity index (χ3n) is 4.57. The maximum absolute atomic E-state index is 3.70. The van der Waals surface area contributed by atoms with Gasteiger partial charge in [0, 0.05) is 11.6 Å². The van der Waals surface area contributed by atoms with E-state index in [9.17, 15) is 0 Å².